The van der Waals surface area contributed by atoms with Gasteiger partial charge in [-0.05, 0) is 88.4 Å². The molecule has 15 nitrogen and oxygen atoms in total. The van der Waals surface area contributed by atoms with Crippen molar-refractivity contribution in [3.05, 3.63) is 116 Å². The van der Waals surface area contributed by atoms with Gasteiger partial charge < -0.3 is 20.1 Å². The fourth-order valence-electron chi connectivity index (χ4n) is 7.85. The van der Waals surface area contributed by atoms with E-state index in [4.69, 9.17) is 26.1 Å². The average molecular weight is 895 g/mol. The van der Waals surface area contributed by atoms with E-state index in [0.29, 0.717) is 79.4 Å². The number of thiophene rings is 1. The molecule has 63 heavy (non-hydrogen) atoms. The lowest BCUT2D eigenvalue weighted by Gasteiger charge is -2.27. The largest absolute Gasteiger partial charge is 0.493 e. The number of nitrogens with zero attached hydrogens (tertiary/aromatic N) is 5. The number of carbonyl (C=O) groups excluding carboxylic acids is 5. The van der Waals surface area contributed by atoms with E-state index in [9.17, 15) is 24.0 Å². The van der Waals surface area contributed by atoms with E-state index in [1.807, 2.05) is 23.6 Å². The number of anilines is 2. The number of ether oxygens (including phenoxy) is 2. The van der Waals surface area contributed by atoms with E-state index in [0.717, 1.165) is 31.5 Å². The molecule has 0 radical (unpaired) electrons. The Kier molecular flexibility index (Phi) is 12.8. The van der Waals surface area contributed by atoms with Gasteiger partial charge in [0, 0.05) is 59.0 Å². The Morgan fingerprint density at radius 1 is 0.937 bits per heavy atom. The first kappa shape index (κ1) is 43.4. The zero-order valence-electron chi connectivity index (χ0n) is 34.8. The molecule has 1 saturated heterocycles. The lowest BCUT2D eigenvalue weighted by atomic mass is 9.99. The number of nitrogens with one attached hydrogen (secondary N) is 3. The van der Waals surface area contributed by atoms with Crippen LogP contribution in [0.1, 0.15) is 98.5 Å². The van der Waals surface area contributed by atoms with Crippen LogP contribution in [0.4, 0.5) is 15.8 Å². The number of amides is 5. The molecule has 0 aliphatic carbocycles. The van der Waals surface area contributed by atoms with Crippen LogP contribution in [0.5, 0.6) is 5.75 Å². The smallest absolute Gasteiger partial charge is 0.264 e. The summed E-state index contributed by atoms with van der Waals surface area (Å²) < 4.78 is 28.8. The third kappa shape index (κ3) is 8.99. The summed E-state index contributed by atoms with van der Waals surface area (Å²) in [5, 5.41) is 18.4. The Morgan fingerprint density at radius 2 is 1.71 bits per heavy atom. The van der Waals surface area contributed by atoms with Crippen molar-refractivity contribution >= 4 is 69.6 Å². The number of aromatic nitrogens is 3. The van der Waals surface area contributed by atoms with Crippen molar-refractivity contribution in [1.82, 2.24) is 25.0 Å². The summed E-state index contributed by atoms with van der Waals surface area (Å²) in [6.07, 6.45) is 2.01. The van der Waals surface area contributed by atoms with Gasteiger partial charge in [-0.1, -0.05) is 29.8 Å². The monoisotopic (exact) mass is 894 g/mol. The Labute approximate surface area is 371 Å². The molecule has 3 aliphatic rings. The van der Waals surface area contributed by atoms with E-state index in [1.165, 1.54) is 12.1 Å². The Hall–Kier alpha value is -6.30. The van der Waals surface area contributed by atoms with Gasteiger partial charge in [0.1, 0.15) is 34.5 Å². The first-order chi connectivity index (χ1) is 30.4. The molecule has 0 bridgehead atoms. The number of hydrogen-bond acceptors (Lipinski definition) is 12. The summed E-state index contributed by atoms with van der Waals surface area (Å²) in [5.41, 5.74) is 4.51. The number of aliphatic imine (C=N–C) groups is 1. The third-order valence-electron chi connectivity index (χ3n) is 11.2. The van der Waals surface area contributed by atoms with Gasteiger partial charge in [0.05, 0.1) is 35.6 Å². The van der Waals surface area contributed by atoms with Crippen LogP contribution in [0.3, 0.4) is 0 Å². The second-order valence-electron chi connectivity index (χ2n) is 15.4. The molecule has 0 spiro atoms. The van der Waals surface area contributed by atoms with Crippen LogP contribution >= 0.6 is 22.9 Å². The summed E-state index contributed by atoms with van der Waals surface area (Å²) in [7, 11) is 0. The molecule has 18 heteroatoms. The maximum absolute atomic E-state index is 15.3. The number of piperidine rings is 1. The van der Waals surface area contributed by atoms with Crippen molar-refractivity contribution in [1.29, 1.82) is 0 Å². The van der Waals surface area contributed by atoms with Crippen LogP contribution in [-0.2, 0) is 19.1 Å². The lowest BCUT2D eigenvalue weighted by molar-refractivity contribution is -0.136. The summed E-state index contributed by atoms with van der Waals surface area (Å²) >= 11 is 7.84. The molecule has 8 rings (SSSR count). The van der Waals surface area contributed by atoms with Crippen molar-refractivity contribution in [2.45, 2.75) is 71.4 Å². The third-order valence-corrected chi connectivity index (χ3v) is 12.6. The summed E-state index contributed by atoms with van der Waals surface area (Å²) in [6, 6.07) is 14.9. The second kappa shape index (κ2) is 18.6. The van der Waals surface area contributed by atoms with Crippen LogP contribution < -0.4 is 20.7 Å². The highest BCUT2D eigenvalue weighted by molar-refractivity contribution is 7.15. The summed E-state index contributed by atoms with van der Waals surface area (Å²) in [5.74, 6) is -1.77. The molecule has 326 valence electrons. The van der Waals surface area contributed by atoms with Gasteiger partial charge >= 0.3 is 0 Å². The number of fused-ring (bicyclic) bond motifs is 4. The molecule has 2 aromatic heterocycles. The first-order valence-corrected chi connectivity index (χ1v) is 21.8. The fraction of sp³-hybridized carbons (Fsp3) is 0.333. The topological polar surface area (TPSA) is 186 Å². The molecular weight excluding hydrogens is 851 g/mol. The van der Waals surface area contributed by atoms with Crippen molar-refractivity contribution in [2.75, 3.05) is 37.0 Å². The number of aryl methyl sites for hydroxylation is 2. The Balaban J connectivity index is 0.781. The second-order valence-corrected chi connectivity index (χ2v) is 17.1. The van der Waals surface area contributed by atoms with Crippen molar-refractivity contribution in [3.63, 3.8) is 0 Å². The molecule has 2 atom stereocenters. The van der Waals surface area contributed by atoms with E-state index >= 15 is 4.39 Å². The van der Waals surface area contributed by atoms with Gasteiger partial charge in [-0.15, -0.1) is 21.5 Å². The van der Waals surface area contributed by atoms with Crippen LogP contribution in [0.15, 0.2) is 65.7 Å². The lowest BCUT2D eigenvalue weighted by Crippen LogP contribution is -2.54. The summed E-state index contributed by atoms with van der Waals surface area (Å²) in [6.45, 7) is 7.70. The molecular formula is C45H44ClFN8O7S. The molecule has 0 saturated carbocycles. The van der Waals surface area contributed by atoms with Crippen LogP contribution in [-0.4, -0.2) is 87.3 Å². The van der Waals surface area contributed by atoms with E-state index in [-0.39, 0.29) is 36.1 Å². The Morgan fingerprint density at radius 3 is 2.49 bits per heavy atom. The fourth-order valence-corrected chi connectivity index (χ4v) is 9.19. The molecule has 3 aliphatic heterocycles. The van der Waals surface area contributed by atoms with Gasteiger partial charge in [0.25, 0.3) is 11.8 Å². The van der Waals surface area contributed by atoms with E-state index in [1.54, 1.807) is 47.7 Å². The normalized spacial score (nSPS) is 16.8. The number of hydrogen-bond donors (Lipinski definition) is 3. The molecule has 3 aromatic carbocycles. The number of imide groups is 2. The molecule has 5 heterocycles. The maximum atomic E-state index is 15.3. The van der Waals surface area contributed by atoms with Crippen molar-refractivity contribution in [3.8, 4) is 10.8 Å². The highest BCUT2D eigenvalue weighted by Crippen LogP contribution is 2.40. The first-order valence-electron chi connectivity index (χ1n) is 20.6. The van der Waals surface area contributed by atoms with Crippen molar-refractivity contribution < 1.29 is 37.8 Å². The van der Waals surface area contributed by atoms with Crippen LogP contribution in [0, 0.1) is 26.6 Å². The average Bonchev–Trinajstić information content (AvgIpc) is 3.83. The maximum Gasteiger partial charge on any atom is 0.264 e. The quantitative estimate of drug-likeness (QED) is 0.0685. The zero-order valence-corrected chi connectivity index (χ0v) is 36.3. The minimum atomic E-state index is -1.03. The highest BCUT2D eigenvalue weighted by atomic mass is 35.5. The number of unbranched alkanes of at least 4 members (excludes halogenated alkanes) is 1. The Bertz CT molecular complexity index is 2660. The molecule has 1 fully saturated rings. The van der Waals surface area contributed by atoms with E-state index < -0.39 is 47.4 Å². The number of benzene rings is 3. The van der Waals surface area contributed by atoms with Crippen LogP contribution in [0.2, 0.25) is 5.02 Å². The minimum Gasteiger partial charge on any atom is -0.493 e. The number of halogens is 2. The van der Waals surface area contributed by atoms with E-state index in [2.05, 4.69) is 40.0 Å². The number of carbonyl (C=O) groups is 5. The minimum absolute atomic E-state index is 0.0138. The SMILES string of the molecule is Cc1sc2c(c1C)C(c1ccc(Cl)cc1)=N[C@@H](CC(=O)Nc1ccc(OCCCCOCCCNc3cccc4c3C(=O)N(C3CCC(=O)NC3=O)C4=O)cc1F)c1nnc(C)n1-2. The van der Waals surface area contributed by atoms with Gasteiger partial charge in [0.15, 0.2) is 5.82 Å². The molecule has 3 N–H and O–H groups in total. The van der Waals surface area contributed by atoms with Gasteiger partial charge in [0.2, 0.25) is 17.7 Å². The predicted octanol–water partition coefficient (Wildman–Crippen LogP) is 7.05. The van der Waals surface area contributed by atoms with Gasteiger partial charge in [-0.3, -0.25) is 43.7 Å². The molecule has 5 aromatic rings. The van der Waals surface area contributed by atoms with Gasteiger partial charge in [-0.25, -0.2) is 4.39 Å². The van der Waals surface area contributed by atoms with Gasteiger partial charge in [-0.2, -0.15) is 0 Å². The van der Waals surface area contributed by atoms with Crippen LogP contribution in [0.25, 0.3) is 5.00 Å². The summed E-state index contributed by atoms with van der Waals surface area (Å²) in [4.78, 5) is 71.0. The zero-order chi connectivity index (χ0) is 44.4. The highest BCUT2D eigenvalue weighted by Gasteiger charge is 2.45. The standard InChI is InChI=1S/C45H44ClFN8O7S/c1-24-25(2)63-45-38(24)40(27-10-12-28(46)13-11-27)50-34(41-53-52-26(3)54(41)45)23-37(57)49-32-15-14-29(22-31(32)47)62-21-5-4-19-61-20-7-18-48-33-9-6-8-30-39(33)44(60)55(43(30)59)35-16-17-36(56)51-42(35)58/h6,8-15,22,34-35,48H,4-5,7,16-21,23H2,1-3H3,(H,49,57)(H,51,56,58)/t34-,35?/m0/s1. The molecule has 1 unspecified atom stereocenters. The van der Waals surface area contributed by atoms with Crippen molar-refractivity contribution in [2.24, 2.45) is 4.99 Å². The number of rotatable bonds is 16. The predicted molar refractivity (Wildman–Crippen MR) is 235 cm³/mol. The molecule has 5 amide bonds.